The Kier molecular flexibility index (Phi) is 7.88. The van der Waals surface area contributed by atoms with Gasteiger partial charge in [-0.05, 0) is 29.8 Å². The fourth-order valence-electron chi connectivity index (χ4n) is 3.17. The van der Waals surface area contributed by atoms with E-state index in [-0.39, 0.29) is 17.0 Å². The molecule has 0 aliphatic carbocycles. The topological polar surface area (TPSA) is 29.8 Å². The van der Waals surface area contributed by atoms with Gasteiger partial charge < -0.3 is 26.3 Å². The monoisotopic (exact) mass is 478 g/mol. The highest BCUT2D eigenvalue weighted by molar-refractivity contribution is 7.07. The maximum absolute atomic E-state index is 6.07. The lowest BCUT2D eigenvalue weighted by Gasteiger charge is -2.26. The molecule has 0 spiro atoms. The number of morpholine rings is 1. The van der Waals surface area contributed by atoms with Gasteiger partial charge in [0, 0.05) is 36.6 Å². The first-order valence-electron chi connectivity index (χ1n) is 9.14. The third-order valence-corrected chi connectivity index (χ3v) is 5.78. The minimum atomic E-state index is 0. The van der Waals surface area contributed by atoms with Gasteiger partial charge in [0.05, 0.1) is 24.6 Å². The van der Waals surface area contributed by atoms with Gasteiger partial charge in [0.25, 0.3) is 0 Å². The highest BCUT2D eigenvalue weighted by Gasteiger charge is 2.13. The van der Waals surface area contributed by atoms with E-state index in [0.717, 1.165) is 60.5 Å². The van der Waals surface area contributed by atoms with Crippen LogP contribution in [-0.4, -0.2) is 42.3 Å². The molecule has 7 heteroatoms. The first-order chi connectivity index (χ1) is 13.3. The van der Waals surface area contributed by atoms with Crippen molar-refractivity contribution in [2.24, 2.45) is 4.99 Å². The van der Waals surface area contributed by atoms with Crippen LogP contribution in [0.1, 0.15) is 0 Å². The second-order valence-electron chi connectivity index (χ2n) is 6.46. The molecule has 0 amide bonds. The van der Waals surface area contributed by atoms with Crippen LogP contribution in [-0.2, 0) is 11.3 Å². The van der Waals surface area contributed by atoms with Crippen LogP contribution in [0.25, 0.3) is 11.3 Å². The zero-order valence-electron chi connectivity index (χ0n) is 15.4. The average molecular weight is 480 g/mol. The second-order valence-corrected chi connectivity index (χ2v) is 7.74. The molecule has 1 aromatic heterocycles. The summed E-state index contributed by atoms with van der Waals surface area (Å²) in [7, 11) is 0. The van der Waals surface area contributed by atoms with E-state index in [9.17, 15) is 0 Å². The molecule has 0 atom stereocenters. The van der Waals surface area contributed by atoms with Gasteiger partial charge in [-0.3, -0.25) is 4.90 Å². The summed E-state index contributed by atoms with van der Waals surface area (Å²) in [5.41, 5.74) is 3.31. The van der Waals surface area contributed by atoms with Crippen LogP contribution >= 0.6 is 22.9 Å². The Labute approximate surface area is 184 Å². The van der Waals surface area contributed by atoms with E-state index in [1.54, 1.807) is 11.3 Å². The summed E-state index contributed by atoms with van der Waals surface area (Å²) >= 11 is 7.75. The molecule has 0 unspecified atom stereocenters. The van der Waals surface area contributed by atoms with Crippen LogP contribution in [0, 0.1) is 0 Å². The molecule has 148 valence electrons. The van der Waals surface area contributed by atoms with Gasteiger partial charge in [0.2, 0.25) is 0 Å². The Morgan fingerprint density at radius 1 is 0.964 bits per heavy atom. The average Bonchev–Trinajstić information content (AvgIpc) is 3.11. The van der Waals surface area contributed by atoms with E-state index in [1.807, 2.05) is 42.5 Å². The third-order valence-electron chi connectivity index (χ3n) is 4.66. The Bertz CT molecular complexity index is 934. The molecule has 0 radical (unpaired) electrons. The molecule has 1 saturated heterocycles. The molecule has 2 heterocycles. The molecule has 1 aliphatic rings. The zero-order valence-corrected chi connectivity index (χ0v) is 18.6. The van der Waals surface area contributed by atoms with E-state index in [0.29, 0.717) is 0 Å². The van der Waals surface area contributed by atoms with E-state index < -0.39 is 0 Å². The van der Waals surface area contributed by atoms with Crippen molar-refractivity contribution in [3.63, 3.8) is 0 Å². The second kappa shape index (κ2) is 10.4. The quantitative estimate of drug-likeness (QED) is 0.554. The molecule has 3 aromatic rings. The number of ether oxygens (including phenoxy) is 1. The summed E-state index contributed by atoms with van der Waals surface area (Å²) < 4.78 is 7.78. The SMILES string of the molecule is Clc1ccc(-c2csc(=Nc3ccccc3)n2CCN2CCOCC2)cc1.[Br-]. The zero-order chi connectivity index (χ0) is 18.5. The maximum Gasteiger partial charge on any atom is 0.190 e. The van der Waals surface area contributed by atoms with E-state index in [1.165, 1.54) is 5.69 Å². The lowest BCUT2D eigenvalue weighted by atomic mass is 10.2. The van der Waals surface area contributed by atoms with Crippen LogP contribution in [0.2, 0.25) is 5.02 Å². The molecular formula is C21H22BrClN3OS-. The van der Waals surface area contributed by atoms with Crippen LogP contribution in [0.3, 0.4) is 0 Å². The van der Waals surface area contributed by atoms with Crippen molar-refractivity contribution >= 4 is 28.6 Å². The van der Waals surface area contributed by atoms with Crippen LogP contribution in [0.5, 0.6) is 0 Å². The molecule has 0 N–H and O–H groups in total. The van der Waals surface area contributed by atoms with E-state index in [4.69, 9.17) is 21.3 Å². The number of benzene rings is 2. The van der Waals surface area contributed by atoms with Gasteiger partial charge >= 0.3 is 0 Å². The highest BCUT2D eigenvalue weighted by Crippen LogP contribution is 2.23. The normalized spacial score (nSPS) is 15.4. The number of hydrogen-bond acceptors (Lipinski definition) is 4. The molecular weight excluding hydrogens is 458 g/mol. The lowest BCUT2D eigenvalue weighted by Crippen LogP contribution is -3.00. The van der Waals surface area contributed by atoms with Gasteiger partial charge in [-0.2, -0.15) is 0 Å². The smallest absolute Gasteiger partial charge is 0.190 e. The van der Waals surface area contributed by atoms with Crippen molar-refractivity contribution in [1.82, 2.24) is 9.47 Å². The minimum Gasteiger partial charge on any atom is -1.00 e. The predicted octanol–water partition coefficient (Wildman–Crippen LogP) is 1.44. The van der Waals surface area contributed by atoms with Gasteiger partial charge in [-0.25, -0.2) is 4.99 Å². The van der Waals surface area contributed by atoms with Crippen molar-refractivity contribution in [2.75, 3.05) is 32.8 Å². The van der Waals surface area contributed by atoms with Crippen LogP contribution in [0.15, 0.2) is 65.0 Å². The summed E-state index contributed by atoms with van der Waals surface area (Å²) in [4.78, 5) is 8.34. The largest absolute Gasteiger partial charge is 1.00 e. The first kappa shape index (κ1) is 21.3. The Hall–Kier alpha value is -1.44. The molecule has 4 rings (SSSR count). The van der Waals surface area contributed by atoms with E-state index in [2.05, 4.69) is 27.0 Å². The predicted molar refractivity (Wildman–Crippen MR) is 112 cm³/mol. The van der Waals surface area contributed by atoms with Gasteiger partial charge in [-0.1, -0.05) is 41.9 Å². The van der Waals surface area contributed by atoms with Crippen molar-refractivity contribution in [1.29, 1.82) is 0 Å². The number of nitrogens with zero attached hydrogens (tertiary/aromatic N) is 3. The Balaban J connectivity index is 0.00000225. The van der Waals surface area contributed by atoms with Crippen molar-refractivity contribution in [3.8, 4) is 11.3 Å². The summed E-state index contributed by atoms with van der Waals surface area (Å²) in [5.74, 6) is 0. The molecule has 1 fully saturated rings. The summed E-state index contributed by atoms with van der Waals surface area (Å²) in [6.07, 6.45) is 0. The van der Waals surface area contributed by atoms with Crippen molar-refractivity contribution in [3.05, 3.63) is 69.8 Å². The third kappa shape index (κ3) is 5.33. The number of thiazole rings is 1. The number of aromatic nitrogens is 1. The van der Waals surface area contributed by atoms with Crippen molar-refractivity contribution < 1.29 is 21.7 Å². The standard InChI is InChI=1S/C21H22ClN3OS.BrH/c22-18-8-6-17(7-9-18)20-16-27-21(23-19-4-2-1-3-5-19)25(20)11-10-24-12-14-26-15-13-24;/h1-9,16H,10-15H2;1H/p-1. The van der Waals surface area contributed by atoms with Crippen LogP contribution < -0.4 is 21.8 Å². The Morgan fingerprint density at radius 3 is 2.39 bits per heavy atom. The Morgan fingerprint density at radius 2 is 1.68 bits per heavy atom. The maximum atomic E-state index is 6.07. The summed E-state index contributed by atoms with van der Waals surface area (Å²) in [6.45, 7) is 5.51. The lowest BCUT2D eigenvalue weighted by molar-refractivity contribution is -0.00000689. The number of para-hydroxylation sites is 1. The first-order valence-corrected chi connectivity index (χ1v) is 10.4. The van der Waals surface area contributed by atoms with E-state index >= 15 is 0 Å². The van der Waals surface area contributed by atoms with Crippen LogP contribution in [0.4, 0.5) is 5.69 Å². The molecule has 0 bridgehead atoms. The molecule has 28 heavy (non-hydrogen) atoms. The highest BCUT2D eigenvalue weighted by atomic mass is 79.9. The minimum absolute atomic E-state index is 0. The number of halogens is 2. The van der Waals surface area contributed by atoms with Gasteiger partial charge in [-0.15, -0.1) is 11.3 Å². The van der Waals surface area contributed by atoms with Gasteiger partial charge in [0.1, 0.15) is 0 Å². The fourth-order valence-corrected chi connectivity index (χ4v) is 4.25. The molecule has 2 aromatic carbocycles. The summed E-state index contributed by atoms with van der Waals surface area (Å²) in [6, 6.07) is 18.1. The molecule has 0 saturated carbocycles. The molecule has 1 aliphatic heterocycles. The number of rotatable bonds is 5. The van der Waals surface area contributed by atoms with Gasteiger partial charge in [0.15, 0.2) is 4.80 Å². The van der Waals surface area contributed by atoms with Crippen molar-refractivity contribution in [2.45, 2.75) is 6.54 Å². The molecule has 4 nitrogen and oxygen atoms in total. The fraction of sp³-hybridized carbons (Fsp3) is 0.286. The summed E-state index contributed by atoms with van der Waals surface area (Å²) in [5, 5.41) is 2.94. The number of hydrogen-bond donors (Lipinski definition) is 0.